The summed E-state index contributed by atoms with van der Waals surface area (Å²) in [4.78, 5) is 34.5. The van der Waals surface area contributed by atoms with E-state index in [1.807, 2.05) is 0 Å². The van der Waals surface area contributed by atoms with Crippen molar-refractivity contribution in [3.63, 3.8) is 0 Å². The fourth-order valence-electron chi connectivity index (χ4n) is 8.38. The lowest BCUT2D eigenvalue weighted by Gasteiger charge is -2.27. The van der Waals surface area contributed by atoms with Crippen molar-refractivity contribution in [2.45, 2.75) is 175 Å². The van der Waals surface area contributed by atoms with Crippen LogP contribution in [0.3, 0.4) is 0 Å². The number of hydrogen-bond donors (Lipinski definition) is 0. The van der Waals surface area contributed by atoms with Gasteiger partial charge in [-0.15, -0.1) is 0 Å². The second-order valence-corrected chi connectivity index (χ2v) is 17.5. The molecule has 12 nitrogen and oxygen atoms in total. The standard InChI is InChI=1S/C54H75N3O9/c1-4-7-10-13-16-19-22-25-40-64-52-49(43-28-34-46(35-29-43)55(58)59)53(65-41-26-23-20-17-14-11-8-5-2)51(45-32-38-48(39-33-45)57(62)63)54(66-42-27-24-21-18-15-12-9-6-3)50(52)44-30-36-47(37-31-44)56(60)61/h28-39H,4-27,40-42H2,1-3H3. The first-order valence-electron chi connectivity index (χ1n) is 25.1. The fraction of sp³-hybridized carbons (Fsp3) is 0.556. The Labute approximate surface area is 393 Å². The van der Waals surface area contributed by atoms with Gasteiger partial charge in [-0.3, -0.25) is 30.3 Å². The van der Waals surface area contributed by atoms with Crippen LogP contribution in [0.2, 0.25) is 0 Å². The maximum atomic E-state index is 11.9. The van der Waals surface area contributed by atoms with Gasteiger partial charge in [0.25, 0.3) is 17.1 Å². The second-order valence-electron chi connectivity index (χ2n) is 17.5. The third-order valence-corrected chi connectivity index (χ3v) is 12.2. The normalized spacial score (nSPS) is 11.1. The molecule has 4 aromatic rings. The van der Waals surface area contributed by atoms with E-state index in [0.29, 0.717) is 70.4 Å². The Balaban J connectivity index is 1.94. The van der Waals surface area contributed by atoms with Crippen molar-refractivity contribution in [2.24, 2.45) is 0 Å². The number of nitro benzene ring substituents is 3. The zero-order valence-electron chi connectivity index (χ0n) is 40.0. The number of ether oxygens (including phenoxy) is 3. The molecule has 12 heteroatoms. The molecule has 4 aromatic carbocycles. The number of nitro groups is 3. The van der Waals surface area contributed by atoms with E-state index in [0.717, 1.165) is 77.0 Å². The van der Waals surface area contributed by atoms with Crippen molar-refractivity contribution in [2.75, 3.05) is 19.8 Å². The first kappa shape index (κ1) is 53.1. The summed E-state index contributed by atoms with van der Waals surface area (Å²) >= 11 is 0. The summed E-state index contributed by atoms with van der Waals surface area (Å²) in [6.45, 7) is 7.73. The Morgan fingerprint density at radius 2 is 0.515 bits per heavy atom. The SMILES string of the molecule is CCCCCCCCCCOc1c(-c2ccc([N+](=O)[O-])cc2)c(OCCCCCCCCCC)c(-c2ccc([N+](=O)[O-])cc2)c(OCCCCCCCCCC)c1-c1ccc([N+](=O)[O-])cc1. The van der Waals surface area contributed by atoms with E-state index in [9.17, 15) is 30.3 Å². The third-order valence-electron chi connectivity index (χ3n) is 12.2. The highest BCUT2D eigenvalue weighted by atomic mass is 16.6. The van der Waals surface area contributed by atoms with Crippen LogP contribution in [-0.2, 0) is 0 Å². The van der Waals surface area contributed by atoms with Crippen molar-refractivity contribution in [3.05, 3.63) is 103 Å². The molecule has 0 heterocycles. The molecule has 0 aliphatic carbocycles. The van der Waals surface area contributed by atoms with Gasteiger partial charge in [-0.25, -0.2) is 0 Å². The van der Waals surface area contributed by atoms with Gasteiger partial charge in [0.05, 0.1) is 51.3 Å². The number of nitrogens with zero attached hydrogens (tertiary/aromatic N) is 3. The van der Waals surface area contributed by atoms with Gasteiger partial charge in [0, 0.05) is 36.4 Å². The van der Waals surface area contributed by atoms with Crippen LogP contribution in [0.25, 0.3) is 33.4 Å². The maximum absolute atomic E-state index is 11.9. The minimum Gasteiger partial charge on any atom is -0.492 e. The number of benzene rings is 4. The molecule has 66 heavy (non-hydrogen) atoms. The van der Waals surface area contributed by atoms with Gasteiger partial charge < -0.3 is 14.2 Å². The Kier molecular flexibility index (Phi) is 24.7. The molecule has 0 fully saturated rings. The van der Waals surface area contributed by atoms with Crippen molar-refractivity contribution in [1.82, 2.24) is 0 Å². The minimum atomic E-state index is -0.435. The Morgan fingerprint density at radius 1 is 0.318 bits per heavy atom. The van der Waals surface area contributed by atoms with Crippen molar-refractivity contribution < 1.29 is 29.0 Å². The monoisotopic (exact) mass is 910 g/mol. The van der Waals surface area contributed by atoms with Crippen LogP contribution in [0.5, 0.6) is 17.2 Å². The van der Waals surface area contributed by atoms with Crippen molar-refractivity contribution >= 4 is 17.1 Å². The van der Waals surface area contributed by atoms with Gasteiger partial charge >= 0.3 is 0 Å². The van der Waals surface area contributed by atoms with Crippen LogP contribution in [0.4, 0.5) is 17.1 Å². The van der Waals surface area contributed by atoms with Gasteiger partial charge in [0.15, 0.2) is 0 Å². The van der Waals surface area contributed by atoms with Crippen LogP contribution in [0.15, 0.2) is 72.8 Å². The summed E-state index contributed by atoms with van der Waals surface area (Å²) < 4.78 is 20.9. The Bertz CT molecular complexity index is 1780. The summed E-state index contributed by atoms with van der Waals surface area (Å²) in [5.41, 5.74) is 3.30. The highest BCUT2D eigenvalue weighted by Gasteiger charge is 2.31. The van der Waals surface area contributed by atoms with E-state index in [4.69, 9.17) is 14.2 Å². The van der Waals surface area contributed by atoms with E-state index in [2.05, 4.69) is 20.8 Å². The maximum Gasteiger partial charge on any atom is 0.269 e. The van der Waals surface area contributed by atoms with Crippen LogP contribution < -0.4 is 14.2 Å². The van der Waals surface area contributed by atoms with Crippen LogP contribution >= 0.6 is 0 Å². The largest absolute Gasteiger partial charge is 0.492 e. The molecule has 0 N–H and O–H groups in total. The molecule has 0 aliphatic heterocycles. The fourth-order valence-corrected chi connectivity index (χ4v) is 8.38. The highest BCUT2D eigenvalue weighted by molar-refractivity contribution is 5.99. The lowest BCUT2D eigenvalue weighted by molar-refractivity contribution is -0.385. The van der Waals surface area contributed by atoms with E-state index in [1.165, 1.54) is 113 Å². The van der Waals surface area contributed by atoms with E-state index in [-0.39, 0.29) is 17.1 Å². The quantitative estimate of drug-likeness (QED) is 0.0246. The molecule has 0 amide bonds. The van der Waals surface area contributed by atoms with E-state index < -0.39 is 14.8 Å². The zero-order chi connectivity index (χ0) is 47.4. The van der Waals surface area contributed by atoms with E-state index >= 15 is 0 Å². The summed E-state index contributed by atoms with van der Waals surface area (Å²) in [7, 11) is 0. The predicted octanol–water partition coefficient (Wildman–Crippen LogP) is 17.0. The molecule has 0 saturated carbocycles. The topological polar surface area (TPSA) is 157 Å². The van der Waals surface area contributed by atoms with Gasteiger partial charge in [0.1, 0.15) is 17.2 Å². The van der Waals surface area contributed by atoms with Crippen LogP contribution in [0.1, 0.15) is 175 Å². The lowest BCUT2D eigenvalue weighted by atomic mass is 9.88. The smallest absolute Gasteiger partial charge is 0.269 e. The molecular formula is C54H75N3O9. The molecule has 4 rings (SSSR count). The summed E-state index contributed by atoms with van der Waals surface area (Å²) in [5, 5.41) is 35.8. The number of unbranched alkanes of at least 4 members (excludes halogenated alkanes) is 21. The summed E-state index contributed by atoms with van der Waals surface area (Å²) in [6.07, 6.45) is 26.5. The third kappa shape index (κ3) is 17.4. The molecule has 0 atom stereocenters. The molecule has 0 unspecified atom stereocenters. The van der Waals surface area contributed by atoms with Gasteiger partial charge in [0.2, 0.25) is 0 Å². The zero-order valence-corrected chi connectivity index (χ0v) is 40.0. The summed E-state index contributed by atoms with van der Waals surface area (Å²) in [6, 6.07) is 18.9. The second kappa shape index (κ2) is 30.6. The molecule has 0 bridgehead atoms. The van der Waals surface area contributed by atoms with E-state index in [1.54, 1.807) is 36.4 Å². The molecular weight excluding hydrogens is 835 g/mol. The molecule has 0 saturated heterocycles. The van der Waals surface area contributed by atoms with Gasteiger partial charge in [-0.05, 0) is 72.4 Å². The predicted molar refractivity (Wildman–Crippen MR) is 267 cm³/mol. The highest BCUT2D eigenvalue weighted by Crippen LogP contribution is 2.57. The number of rotatable bonds is 36. The van der Waals surface area contributed by atoms with Crippen LogP contribution in [0, 0.1) is 30.3 Å². The number of hydrogen-bond acceptors (Lipinski definition) is 9. The van der Waals surface area contributed by atoms with Crippen molar-refractivity contribution in [1.29, 1.82) is 0 Å². The first-order chi connectivity index (χ1) is 32.2. The first-order valence-corrected chi connectivity index (χ1v) is 25.1. The summed E-state index contributed by atoms with van der Waals surface area (Å²) in [5.74, 6) is 1.34. The molecule has 0 aromatic heterocycles. The van der Waals surface area contributed by atoms with Gasteiger partial charge in [-0.2, -0.15) is 0 Å². The Hall–Kier alpha value is -5.52. The van der Waals surface area contributed by atoms with Crippen molar-refractivity contribution in [3.8, 4) is 50.6 Å². The average molecular weight is 910 g/mol. The molecule has 0 spiro atoms. The average Bonchev–Trinajstić information content (AvgIpc) is 3.32. The van der Waals surface area contributed by atoms with Gasteiger partial charge in [-0.1, -0.05) is 156 Å². The Morgan fingerprint density at radius 3 is 0.712 bits per heavy atom. The minimum absolute atomic E-state index is 0.0712. The molecule has 360 valence electrons. The molecule has 0 radical (unpaired) electrons. The lowest BCUT2D eigenvalue weighted by Crippen LogP contribution is -2.10. The number of non-ortho nitro benzene ring substituents is 3. The van der Waals surface area contributed by atoms with Crippen LogP contribution in [-0.4, -0.2) is 34.6 Å². The molecule has 0 aliphatic rings.